The van der Waals surface area contributed by atoms with Crippen LogP contribution in [0.3, 0.4) is 0 Å². The largest absolute Gasteiger partial charge is 0.618 e. The highest BCUT2D eigenvalue weighted by molar-refractivity contribution is 7.92. The lowest BCUT2D eigenvalue weighted by molar-refractivity contribution is -0.603. The predicted octanol–water partition coefficient (Wildman–Crippen LogP) is 4.96. The highest BCUT2D eigenvalue weighted by atomic mass is 35.5. The number of halogens is 2. The number of nitrogens with one attached hydrogen (secondary N) is 1. The van der Waals surface area contributed by atoms with E-state index in [9.17, 15) is 18.4 Å². The number of benzene rings is 2. The number of hydrogen-bond donors (Lipinski definition) is 1. The first kappa shape index (κ1) is 23.1. The van der Waals surface area contributed by atoms with E-state index in [1.165, 1.54) is 42.5 Å². The molecule has 0 aliphatic heterocycles. The van der Waals surface area contributed by atoms with Gasteiger partial charge < -0.3 is 5.21 Å². The molecule has 0 aliphatic rings. The molecule has 162 valence electrons. The van der Waals surface area contributed by atoms with E-state index in [1.54, 1.807) is 12.1 Å². The first-order valence-corrected chi connectivity index (χ1v) is 11.5. The van der Waals surface area contributed by atoms with Gasteiger partial charge >= 0.3 is 0 Å². The molecular formula is C22H20Cl2N2O4S. The van der Waals surface area contributed by atoms with Gasteiger partial charge in [-0.2, -0.15) is 4.73 Å². The highest BCUT2D eigenvalue weighted by Gasteiger charge is 2.22. The van der Waals surface area contributed by atoms with E-state index in [2.05, 4.69) is 4.72 Å². The van der Waals surface area contributed by atoms with Crippen molar-refractivity contribution in [3.8, 4) is 0 Å². The summed E-state index contributed by atoms with van der Waals surface area (Å²) in [5.41, 5.74) is 1.08. The first-order valence-electron chi connectivity index (χ1n) is 9.25. The van der Waals surface area contributed by atoms with Crippen molar-refractivity contribution in [2.24, 2.45) is 0 Å². The van der Waals surface area contributed by atoms with Crippen LogP contribution in [-0.2, 0) is 15.4 Å². The molecule has 9 heteroatoms. The monoisotopic (exact) mass is 478 g/mol. The number of hydrogen-bond acceptors (Lipinski definition) is 4. The Kier molecular flexibility index (Phi) is 6.32. The minimum Gasteiger partial charge on any atom is -0.618 e. The summed E-state index contributed by atoms with van der Waals surface area (Å²) in [6.45, 7) is 6.10. The average Bonchev–Trinajstić information content (AvgIpc) is 2.70. The van der Waals surface area contributed by atoms with E-state index in [1.807, 2.05) is 20.8 Å². The van der Waals surface area contributed by atoms with Crippen LogP contribution in [0.25, 0.3) is 0 Å². The van der Waals surface area contributed by atoms with Gasteiger partial charge in [0.1, 0.15) is 0 Å². The van der Waals surface area contributed by atoms with E-state index < -0.39 is 15.8 Å². The second-order valence-corrected chi connectivity index (χ2v) is 10.5. The van der Waals surface area contributed by atoms with Crippen molar-refractivity contribution >= 4 is 44.7 Å². The van der Waals surface area contributed by atoms with Crippen LogP contribution in [-0.4, -0.2) is 14.2 Å². The fourth-order valence-corrected chi connectivity index (χ4v) is 4.31. The van der Waals surface area contributed by atoms with Gasteiger partial charge in [-0.15, -0.1) is 0 Å². The Hall–Kier alpha value is -2.61. The summed E-state index contributed by atoms with van der Waals surface area (Å²) in [7, 11) is -3.97. The van der Waals surface area contributed by atoms with Crippen molar-refractivity contribution in [3.05, 3.63) is 92.9 Å². The van der Waals surface area contributed by atoms with E-state index in [0.29, 0.717) is 4.73 Å². The van der Waals surface area contributed by atoms with Crippen molar-refractivity contribution in [1.82, 2.24) is 0 Å². The second kappa shape index (κ2) is 8.49. The lowest BCUT2D eigenvalue weighted by Crippen LogP contribution is -2.27. The molecule has 0 spiro atoms. The quantitative estimate of drug-likeness (QED) is 0.243. The van der Waals surface area contributed by atoms with Crippen LogP contribution >= 0.6 is 23.2 Å². The molecule has 0 amide bonds. The summed E-state index contributed by atoms with van der Waals surface area (Å²) in [6, 6.07) is 13.3. The van der Waals surface area contributed by atoms with Gasteiger partial charge in [0.15, 0.2) is 12.0 Å². The number of pyridine rings is 1. The zero-order chi connectivity index (χ0) is 23.0. The molecule has 0 aliphatic carbocycles. The highest BCUT2D eigenvalue weighted by Crippen LogP contribution is 2.28. The van der Waals surface area contributed by atoms with Crippen molar-refractivity contribution in [2.45, 2.75) is 31.1 Å². The zero-order valence-corrected chi connectivity index (χ0v) is 19.3. The molecule has 3 aromatic rings. The summed E-state index contributed by atoms with van der Waals surface area (Å²) in [5.74, 6) is -0.536. The Labute approximate surface area is 191 Å². The number of rotatable bonds is 5. The van der Waals surface area contributed by atoms with Gasteiger partial charge in [-0.3, -0.25) is 9.52 Å². The zero-order valence-electron chi connectivity index (χ0n) is 17.0. The van der Waals surface area contributed by atoms with Gasteiger partial charge in [0.05, 0.1) is 10.6 Å². The third-order valence-corrected chi connectivity index (χ3v) is 6.53. The van der Waals surface area contributed by atoms with E-state index in [-0.39, 0.29) is 37.3 Å². The number of aromatic nitrogens is 1. The fraction of sp³-hybridized carbons (Fsp3) is 0.182. The van der Waals surface area contributed by atoms with Crippen molar-refractivity contribution in [1.29, 1.82) is 0 Å². The SMILES string of the molecule is CC(C)(C)c1ccc(S(=O)(=O)Nc2ccc(Cl)cc2C(=O)c2cc[n+]([O-])c(Cl)c2)cc1. The molecule has 0 saturated carbocycles. The Morgan fingerprint density at radius 1 is 1.00 bits per heavy atom. The number of anilines is 1. The average molecular weight is 479 g/mol. The topological polar surface area (TPSA) is 90.2 Å². The Balaban J connectivity index is 1.98. The summed E-state index contributed by atoms with van der Waals surface area (Å²) in [5, 5.41) is 11.5. The minimum absolute atomic E-state index is 0.0297. The summed E-state index contributed by atoms with van der Waals surface area (Å²) < 4.78 is 28.7. The van der Waals surface area contributed by atoms with Gasteiger partial charge in [-0.25, -0.2) is 8.42 Å². The van der Waals surface area contributed by atoms with Crippen LogP contribution in [0.2, 0.25) is 10.2 Å². The third-order valence-electron chi connectivity index (χ3n) is 4.64. The minimum atomic E-state index is -3.97. The molecule has 6 nitrogen and oxygen atoms in total. The molecule has 1 N–H and O–H groups in total. The molecule has 0 radical (unpaired) electrons. The standard InChI is InChI=1S/C22H20Cl2N2O4S/c1-22(2,3)15-4-7-17(8-5-15)31(29,30)25-19-9-6-16(23)13-18(19)21(27)14-10-11-26(28)20(24)12-14/h4-13,25H,1-3H3. The number of ketones is 1. The molecule has 3 rings (SSSR count). The number of carbonyl (C=O) groups excluding carboxylic acids is 1. The third kappa shape index (κ3) is 5.18. The maximum atomic E-state index is 13.0. The Morgan fingerprint density at radius 3 is 2.23 bits per heavy atom. The van der Waals surface area contributed by atoms with Crippen LogP contribution < -0.4 is 9.45 Å². The lowest BCUT2D eigenvalue weighted by Gasteiger charge is -2.19. The molecule has 2 aromatic carbocycles. The number of carbonyl (C=O) groups is 1. The van der Waals surface area contributed by atoms with Crippen molar-refractivity contribution in [3.63, 3.8) is 0 Å². The summed E-state index contributed by atoms with van der Waals surface area (Å²) in [6.07, 6.45) is 1.10. The van der Waals surface area contributed by atoms with E-state index >= 15 is 0 Å². The fourth-order valence-electron chi connectivity index (χ4n) is 2.89. The number of sulfonamides is 1. The Morgan fingerprint density at radius 2 is 1.65 bits per heavy atom. The van der Waals surface area contributed by atoms with Crippen LogP contribution in [0, 0.1) is 5.21 Å². The van der Waals surface area contributed by atoms with Crippen LogP contribution in [0.1, 0.15) is 42.3 Å². The maximum Gasteiger partial charge on any atom is 0.286 e. The molecule has 1 aromatic heterocycles. The summed E-state index contributed by atoms with van der Waals surface area (Å²) >= 11 is 11.9. The first-order chi connectivity index (χ1) is 14.4. The molecule has 0 bridgehead atoms. The molecule has 31 heavy (non-hydrogen) atoms. The molecule has 0 saturated heterocycles. The van der Waals surface area contributed by atoms with Gasteiger partial charge in [-0.05, 0) is 52.9 Å². The lowest BCUT2D eigenvalue weighted by atomic mass is 9.87. The van der Waals surface area contributed by atoms with Crippen LogP contribution in [0.4, 0.5) is 5.69 Å². The van der Waals surface area contributed by atoms with Gasteiger partial charge in [-0.1, -0.05) is 44.5 Å². The second-order valence-electron chi connectivity index (χ2n) is 7.96. The van der Waals surface area contributed by atoms with Crippen molar-refractivity contribution in [2.75, 3.05) is 4.72 Å². The molecule has 0 unspecified atom stereocenters. The summed E-state index contributed by atoms with van der Waals surface area (Å²) in [4.78, 5) is 13.1. The van der Waals surface area contributed by atoms with E-state index in [4.69, 9.17) is 23.2 Å². The van der Waals surface area contributed by atoms with E-state index in [0.717, 1.165) is 11.8 Å². The van der Waals surface area contributed by atoms with Crippen molar-refractivity contribution < 1.29 is 17.9 Å². The molecular weight excluding hydrogens is 459 g/mol. The van der Waals surface area contributed by atoms with Gasteiger partial charge in [0, 0.05) is 28.3 Å². The van der Waals surface area contributed by atoms with Crippen LogP contribution in [0.5, 0.6) is 0 Å². The predicted molar refractivity (Wildman–Crippen MR) is 121 cm³/mol. The molecule has 0 atom stereocenters. The molecule has 1 heterocycles. The normalized spacial score (nSPS) is 11.9. The maximum absolute atomic E-state index is 13.0. The van der Waals surface area contributed by atoms with Gasteiger partial charge in [0.25, 0.3) is 15.2 Å². The Bertz CT molecular complexity index is 1250. The molecule has 0 fully saturated rings. The van der Waals surface area contributed by atoms with Crippen LogP contribution in [0.15, 0.2) is 65.7 Å². The smallest absolute Gasteiger partial charge is 0.286 e. The van der Waals surface area contributed by atoms with Gasteiger partial charge in [0.2, 0.25) is 0 Å². The number of nitrogens with zero attached hydrogens (tertiary/aromatic N) is 1.